The van der Waals surface area contributed by atoms with Gasteiger partial charge >= 0.3 is 0 Å². The number of carbonyl (C=O) groups excluding carboxylic acids is 1. The Hall–Kier alpha value is -1.46. The quantitative estimate of drug-likeness (QED) is 0.832. The Kier molecular flexibility index (Phi) is 4.73. The predicted octanol–water partition coefficient (Wildman–Crippen LogP) is 1.20. The summed E-state index contributed by atoms with van der Waals surface area (Å²) in [5.74, 6) is -0.187. The lowest BCUT2D eigenvalue weighted by Gasteiger charge is -2.36. The van der Waals surface area contributed by atoms with Gasteiger partial charge in [-0.1, -0.05) is 12.1 Å². The van der Waals surface area contributed by atoms with E-state index in [0.717, 1.165) is 31.7 Å². The molecule has 0 aromatic heterocycles. The summed E-state index contributed by atoms with van der Waals surface area (Å²) in [6.45, 7) is 3.30. The molecule has 1 heterocycles. The summed E-state index contributed by atoms with van der Waals surface area (Å²) in [6, 6.07) is 5.84. The van der Waals surface area contributed by atoms with E-state index in [-0.39, 0.29) is 17.8 Å². The van der Waals surface area contributed by atoms with Gasteiger partial charge < -0.3 is 9.80 Å². The molecule has 110 valence electrons. The highest BCUT2D eigenvalue weighted by Crippen LogP contribution is 2.22. The van der Waals surface area contributed by atoms with E-state index in [4.69, 9.17) is 0 Å². The van der Waals surface area contributed by atoms with Crippen molar-refractivity contribution in [3.63, 3.8) is 0 Å². The van der Waals surface area contributed by atoms with Crippen molar-refractivity contribution in [3.8, 4) is 0 Å². The summed E-state index contributed by atoms with van der Waals surface area (Å²) in [5.41, 5.74) is 0.834. The number of piperazine rings is 1. The summed E-state index contributed by atoms with van der Waals surface area (Å²) in [7, 11) is 5.81. The van der Waals surface area contributed by atoms with Crippen LogP contribution in [0.4, 0.5) is 4.39 Å². The number of nitrogens with zero attached hydrogens (tertiary/aromatic N) is 3. The number of benzene rings is 1. The Morgan fingerprint density at radius 1 is 1.15 bits per heavy atom. The van der Waals surface area contributed by atoms with Crippen LogP contribution in [0.5, 0.6) is 0 Å². The molecule has 0 spiro atoms. The molecule has 20 heavy (non-hydrogen) atoms. The topological polar surface area (TPSA) is 26.8 Å². The lowest BCUT2D eigenvalue weighted by molar-refractivity contribution is -0.138. The lowest BCUT2D eigenvalue weighted by atomic mass is 10.0. The predicted molar refractivity (Wildman–Crippen MR) is 76.9 cm³/mol. The molecule has 0 N–H and O–H groups in total. The molecule has 1 aliphatic heterocycles. The van der Waals surface area contributed by atoms with Gasteiger partial charge in [-0.05, 0) is 38.8 Å². The molecule has 0 saturated carbocycles. The maximum Gasteiger partial charge on any atom is 0.244 e. The Labute approximate surface area is 119 Å². The van der Waals surface area contributed by atoms with E-state index in [1.807, 2.05) is 23.9 Å². The first-order chi connectivity index (χ1) is 9.49. The molecule has 0 aliphatic carbocycles. The van der Waals surface area contributed by atoms with E-state index in [1.54, 1.807) is 12.1 Å². The SMILES string of the molecule is CN1CCN(C(=O)C(c2ccc(F)cc2)N(C)C)CC1. The van der Waals surface area contributed by atoms with Crippen molar-refractivity contribution in [1.82, 2.24) is 14.7 Å². The number of amides is 1. The largest absolute Gasteiger partial charge is 0.338 e. The molecular weight excluding hydrogens is 257 g/mol. The highest BCUT2D eigenvalue weighted by Gasteiger charge is 2.29. The van der Waals surface area contributed by atoms with Crippen molar-refractivity contribution in [2.24, 2.45) is 0 Å². The van der Waals surface area contributed by atoms with Crippen molar-refractivity contribution in [2.75, 3.05) is 47.3 Å². The normalized spacial score (nSPS) is 18.4. The molecule has 4 nitrogen and oxygen atoms in total. The zero-order chi connectivity index (χ0) is 14.7. The van der Waals surface area contributed by atoms with Gasteiger partial charge in [0.25, 0.3) is 0 Å². The molecule has 1 atom stereocenters. The molecule has 1 amide bonds. The molecule has 5 heteroatoms. The molecule has 2 rings (SSSR count). The monoisotopic (exact) mass is 279 g/mol. The van der Waals surface area contributed by atoms with Gasteiger partial charge in [-0.15, -0.1) is 0 Å². The van der Waals surface area contributed by atoms with Crippen LogP contribution in [0.1, 0.15) is 11.6 Å². The van der Waals surface area contributed by atoms with Crippen LogP contribution < -0.4 is 0 Å². The average Bonchev–Trinajstić information content (AvgIpc) is 2.41. The number of hydrogen-bond donors (Lipinski definition) is 0. The van der Waals surface area contributed by atoms with Gasteiger partial charge in [0, 0.05) is 26.2 Å². The smallest absolute Gasteiger partial charge is 0.244 e. The van der Waals surface area contributed by atoms with Gasteiger partial charge in [0.2, 0.25) is 5.91 Å². The Morgan fingerprint density at radius 3 is 2.20 bits per heavy atom. The van der Waals surface area contributed by atoms with Crippen molar-refractivity contribution in [2.45, 2.75) is 6.04 Å². The van der Waals surface area contributed by atoms with Crippen molar-refractivity contribution < 1.29 is 9.18 Å². The van der Waals surface area contributed by atoms with Crippen LogP contribution in [0.2, 0.25) is 0 Å². The fraction of sp³-hybridized carbons (Fsp3) is 0.533. The maximum absolute atomic E-state index is 13.0. The first kappa shape index (κ1) is 14.9. The third-order valence-corrected chi connectivity index (χ3v) is 3.75. The number of halogens is 1. The van der Waals surface area contributed by atoms with E-state index in [9.17, 15) is 9.18 Å². The Balaban J connectivity index is 2.16. The highest BCUT2D eigenvalue weighted by atomic mass is 19.1. The van der Waals surface area contributed by atoms with E-state index >= 15 is 0 Å². The van der Waals surface area contributed by atoms with Gasteiger partial charge in [0.15, 0.2) is 0 Å². The second kappa shape index (κ2) is 6.33. The minimum absolute atomic E-state index is 0.0923. The lowest BCUT2D eigenvalue weighted by Crippen LogP contribution is -2.50. The Bertz CT molecular complexity index is 453. The molecule has 1 fully saturated rings. The van der Waals surface area contributed by atoms with Gasteiger partial charge in [-0.25, -0.2) is 4.39 Å². The summed E-state index contributed by atoms with van der Waals surface area (Å²) in [6.07, 6.45) is 0. The van der Waals surface area contributed by atoms with Crippen molar-refractivity contribution >= 4 is 5.91 Å². The molecule has 1 saturated heterocycles. The van der Waals surface area contributed by atoms with Gasteiger partial charge in [-0.2, -0.15) is 0 Å². The van der Waals surface area contributed by atoms with Crippen LogP contribution in [-0.4, -0.2) is 67.9 Å². The van der Waals surface area contributed by atoms with Crippen LogP contribution in [0.25, 0.3) is 0 Å². The molecular formula is C15H22FN3O. The minimum Gasteiger partial charge on any atom is -0.338 e. The van der Waals surface area contributed by atoms with E-state index in [1.165, 1.54) is 12.1 Å². The first-order valence-corrected chi connectivity index (χ1v) is 6.88. The summed E-state index contributed by atoms with van der Waals surface area (Å²) in [5, 5.41) is 0. The molecule has 1 aromatic carbocycles. The summed E-state index contributed by atoms with van der Waals surface area (Å²) < 4.78 is 13.0. The summed E-state index contributed by atoms with van der Waals surface area (Å²) in [4.78, 5) is 18.7. The van der Waals surface area contributed by atoms with Crippen molar-refractivity contribution in [1.29, 1.82) is 0 Å². The zero-order valence-electron chi connectivity index (χ0n) is 12.3. The molecule has 1 aliphatic rings. The fourth-order valence-corrected chi connectivity index (χ4v) is 2.51. The van der Waals surface area contributed by atoms with E-state index < -0.39 is 0 Å². The molecule has 0 radical (unpaired) electrons. The number of rotatable bonds is 3. The average molecular weight is 279 g/mol. The van der Waals surface area contributed by atoms with E-state index in [0.29, 0.717) is 0 Å². The van der Waals surface area contributed by atoms with Crippen LogP contribution >= 0.6 is 0 Å². The molecule has 1 unspecified atom stereocenters. The fourth-order valence-electron chi connectivity index (χ4n) is 2.51. The maximum atomic E-state index is 13.0. The van der Waals surface area contributed by atoms with Crippen LogP contribution in [0, 0.1) is 5.82 Å². The van der Waals surface area contributed by atoms with Gasteiger partial charge in [0.05, 0.1) is 0 Å². The number of likely N-dealkylation sites (N-methyl/N-ethyl adjacent to an activating group) is 2. The van der Waals surface area contributed by atoms with Crippen LogP contribution in [0.15, 0.2) is 24.3 Å². The van der Waals surface area contributed by atoms with E-state index in [2.05, 4.69) is 11.9 Å². The number of carbonyl (C=O) groups is 1. The highest BCUT2D eigenvalue weighted by molar-refractivity contribution is 5.83. The molecule has 0 bridgehead atoms. The zero-order valence-corrected chi connectivity index (χ0v) is 12.3. The summed E-state index contributed by atoms with van der Waals surface area (Å²) >= 11 is 0. The van der Waals surface area contributed by atoms with Gasteiger partial charge in [0.1, 0.15) is 11.9 Å². The number of hydrogen-bond acceptors (Lipinski definition) is 3. The van der Waals surface area contributed by atoms with Gasteiger partial charge in [-0.3, -0.25) is 9.69 Å². The minimum atomic E-state index is -0.348. The second-order valence-corrected chi connectivity index (χ2v) is 5.55. The Morgan fingerprint density at radius 2 is 1.70 bits per heavy atom. The first-order valence-electron chi connectivity index (χ1n) is 6.88. The van der Waals surface area contributed by atoms with Crippen molar-refractivity contribution in [3.05, 3.63) is 35.6 Å². The third kappa shape index (κ3) is 3.35. The molecule has 1 aromatic rings. The third-order valence-electron chi connectivity index (χ3n) is 3.75. The standard InChI is InChI=1S/C15H22FN3O/c1-17(2)14(12-4-6-13(16)7-5-12)15(20)19-10-8-18(3)9-11-19/h4-7,14H,8-11H2,1-3H3. The van der Waals surface area contributed by atoms with Crippen LogP contribution in [-0.2, 0) is 4.79 Å². The second-order valence-electron chi connectivity index (χ2n) is 5.55. The van der Waals surface area contributed by atoms with Crippen LogP contribution in [0.3, 0.4) is 0 Å².